The highest BCUT2D eigenvalue weighted by Gasteiger charge is 2.47. The monoisotopic (exact) mass is 202 g/mol. The molecule has 1 aliphatic heterocycles. The largest absolute Gasteiger partial charge is 0.559 e. The van der Waals surface area contributed by atoms with Crippen LogP contribution >= 0.6 is 0 Å². The van der Waals surface area contributed by atoms with Crippen LogP contribution in [0.15, 0.2) is 0 Å². The zero-order valence-corrected chi connectivity index (χ0v) is 9.24. The van der Waals surface area contributed by atoms with Crippen LogP contribution in [0.25, 0.3) is 0 Å². The zero-order chi connectivity index (χ0) is 10.8. The van der Waals surface area contributed by atoms with Gasteiger partial charge in [-0.2, -0.15) is 9.37 Å². The Bertz CT molecular complexity index is 275. The Balaban J connectivity index is 2.84. The van der Waals surface area contributed by atoms with Crippen LogP contribution in [0.2, 0.25) is 0 Å². The molecule has 5 heteroatoms. The lowest BCUT2D eigenvalue weighted by Crippen LogP contribution is -2.51. The summed E-state index contributed by atoms with van der Waals surface area (Å²) >= 11 is 0. The minimum atomic E-state index is -0.624. The number of quaternary nitrogens is 1. The predicted molar refractivity (Wildman–Crippen MR) is 50.9 cm³/mol. The number of ether oxygens (including phenoxy) is 1. The molecule has 5 nitrogen and oxygen atoms in total. The van der Waals surface area contributed by atoms with E-state index in [1.54, 1.807) is 0 Å². The SMILES string of the molecule is CC[N+]1(OC(=O)OC)CC[N+](C)=C1C. The summed E-state index contributed by atoms with van der Waals surface area (Å²) in [5.74, 6) is 1.04. The van der Waals surface area contributed by atoms with E-state index in [1.807, 2.05) is 20.9 Å². The molecule has 0 aliphatic carbocycles. The summed E-state index contributed by atoms with van der Waals surface area (Å²) in [5, 5.41) is 0. The fraction of sp³-hybridized carbons (Fsp3) is 0.778. The van der Waals surface area contributed by atoms with E-state index in [9.17, 15) is 4.79 Å². The first-order valence-electron chi connectivity index (χ1n) is 4.75. The minimum Gasteiger partial charge on any atom is -0.434 e. The van der Waals surface area contributed by atoms with Crippen molar-refractivity contribution in [1.29, 1.82) is 0 Å². The lowest BCUT2D eigenvalue weighted by molar-refractivity contribution is -1.01. The van der Waals surface area contributed by atoms with Crippen molar-refractivity contribution in [3.63, 3.8) is 0 Å². The lowest BCUT2D eigenvalue weighted by atomic mass is 10.5. The number of amidine groups is 1. The number of rotatable bonds is 2. The smallest absolute Gasteiger partial charge is 0.434 e. The van der Waals surface area contributed by atoms with E-state index in [-0.39, 0.29) is 4.65 Å². The van der Waals surface area contributed by atoms with Gasteiger partial charge >= 0.3 is 12.0 Å². The van der Waals surface area contributed by atoms with Gasteiger partial charge in [-0.25, -0.2) is 4.84 Å². The number of carbonyl (C=O) groups is 1. The number of hydroxylamine groups is 3. The molecule has 0 aromatic rings. The molecule has 0 bridgehead atoms. The molecule has 1 rings (SSSR count). The van der Waals surface area contributed by atoms with E-state index >= 15 is 0 Å². The van der Waals surface area contributed by atoms with Crippen LogP contribution in [0.1, 0.15) is 13.8 Å². The molecule has 1 heterocycles. The minimum absolute atomic E-state index is 0.253. The van der Waals surface area contributed by atoms with Crippen molar-refractivity contribution in [2.75, 3.05) is 33.8 Å². The van der Waals surface area contributed by atoms with Crippen molar-refractivity contribution in [1.82, 2.24) is 0 Å². The Morgan fingerprint density at radius 3 is 2.64 bits per heavy atom. The summed E-state index contributed by atoms with van der Waals surface area (Å²) in [7, 11) is 3.31. The second-order valence-electron chi connectivity index (χ2n) is 3.44. The van der Waals surface area contributed by atoms with E-state index < -0.39 is 6.16 Å². The van der Waals surface area contributed by atoms with Crippen LogP contribution in [-0.2, 0) is 9.57 Å². The molecule has 1 aliphatic rings. The van der Waals surface area contributed by atoms with E-state index in [4.69, 9.17) is 4.84 Å². The van der Waals surface area contributed by atoms with Gasteiger partial charge in [-0.15, -0.1) is 0 Å². The quantitative estimate of drug-likeness (QED) is 0.374. The second-order valence-corrected chi connectivity index (χ2v) is 3.44. The average molecular weight is 202 g/mol. The highest BCUT2D eigenvalue weighted by molar-refractivity contribution is 5.69. The molecule has 1 atom stereocenters. The molecule has 0 fully saturated rings. The van der Waals surface area contributed by atoms with Gasteiger partial charge in [-0.05, 0) is 11.6 Å². The normalized spacial score (nSPS) is 26.6. The highest BCUT2D eigenvalue weighted by Crippen LogP contribution is 2.15. The number of hydrogen-bond donors (Lipinski definition) is 0. The van der Waals surface area contributed by atoms with Crippen molar-refractivity contribution in [2.24, 2.45) is 0 Å². The molecule has 0 saturated heterocycles. The maximum atomic E-state index is 11.1. The third kappa shape index (κ3) is 1.72. The van der Waals surface area contributed by atoms with Gasteiger partial charge in [0.1, 0.15) is 13.6 Å². The number of likely N-dealkylation sites (N-methyl/N-ethyl adjacent to an activating group) is 2. The van der Waals surface area contributed by atoms with Gasteiger partial charge in [0.25, 0.3) is 0 Å². The molecule has 0 amide bonds. The molecule has 0 spiro atoms. The lowest BCUT2D eigenvalue weighted by Gasteiger charge is -2.23. The molecule has 0 aromatic heterocycles. The fourth-order valence-corrected chi connectivity index (χ4v) is 1.69. The number of methoxy groups -OCH3 is 1. The van der Waals surface area contributed by atoms with Crippen molar-refractivity contribution in [2.45, 2.75) is 13.8 Å². The summed E-state index contributed by atoms with van der Waals surface area (Å²) in [6, 6.07) is 0. The Labute approximate surface area is 84.1 Å². The van der Waals surface area contributed by atoms with Crippen LogP contribution in [0.5, 0.6) is 0 Å². The van der Waals surface area contributed by atoms with Gasteiger partial charge < -0.3 is 4.74 Å². The molecule has 0 saturated carbocycles. The van der Waals surface area contributed by atoms with Gasteiger partial charge in [0, 0.05) is 0 Å². The fourth-order valence-electron chi connectivity index (χ4n) is 1.69. The third-order valence-electron chi connectivity index (χ3n) is 2.87. The second kappa shape index (κ2) is 3.96. The van der Waals surface area contributed by atoms with Crippen LogP contribution in [0, 0.1) is 0 Å². The predicted octanol–water partition coefficient (Wildman–Crippen LogP) is 0.595. The van der Waals surface area contributed by atoms with Crippen LogP contribution in [0.4, 0.5) is 4.79 Å². The first-order valence-corrected chi connectivity index (χ1v) is 4.75. The summed E-state index contributed by atoms with van der Waals surface area (Å²) in [6.45, 7) is 6.38. The molecule has 80 valence electrons. The van der Waals surface area contributed by atoms with Gasteiger partial charge in [0.15, 0.2) is 6.54 Å². The van der Waals surface area contributed by atoms with Gasteiger partial charge in [0.05, 0.1) is 14.0 Å². The topological polar surface area (TPSA) is 38.5 Å². The van der Waals surface area contributed by atoms with Gasteiger partial charge in [-0.3, -0.25) is 0 Å². The van der Waals surface area contributed by atoms with E-state index in [0.29, 0.717) is 0 Å². The summed E-state index contributed by atoms with van der Waals surface area (Å²) in [4.78, 5) is 16.4. The van der Waals surface area contributed by atoms with Gasteiger partial charge in [-0.1, -0.05) is 0 Å². The Hall–Kier alpha value is -1.10. The van der Waals surface area contributed by atoms with Crippen molar-refractivity contribution in [3.8, 4) is 0 Å². The molecule has 1 unspecified atom stereocenters. The van der Waals surface area contributed by atoms with E-state index in [1.165, 1.54) is 7.11 Å². The average Bonchev–Trinajstić information content (AvgIpc) is 2.47. The molecule has 0 radical (unpaired) electrons. The maximum absolute atomic E-state index is 11.1. The van der Waals surface area contributed by atoms with Crippen molar-refractivity contribution < 1.29 is 23.6 Å². The Morgan fingerprint density at radius 2 is 2.29 bits per heavy atom. The molecule has 0 N–H and O–H groups in total. The Morgan fingerprint density at radius 1 is 1.64 bits per heavy atom. The van der Waals surface area contributed by atoms with Crippen molar-refractivity contribution >= 4 is 12.0 Å². The van der Waals surface area contributed by atoms with Crippen molar-refractivity contribution in [3.05, 3.63) is 0 Å². The molecular weight excluding hydrogens is 184 g/mol. The van der Waals surface area contributed by atoms with E-state index in [0.717, 1.165) is 25.5 Å². The van der Waals surface area contributed by atoms with Crippen LogP contribution in [0.3, 0.4) is 0 Å². The number of hydrogen-bond acceptors (Lipinski definition) is 3. The van der Waals surface area contributed by atoms with E-state index in [2.05, 4.69) is 9.31 Å². The third-order valence-corrected chi connectivity index (χ3v) is 2.87. The highest BCUT2D eigenvalue weighted by atomic mass is 16.8. The van der Waals surface area contributed by atoms with Gasteiger partial charge in [0.2, 0.25) is 6.54 Å². The summed E-state index contributed by atoms with van der Waals surface area (Å²) < 4.78 is 6.86. The molecule has 0 aromatic carbocycles. The summed E-state index contributed by atoms with van der Waals surface area (Å²) in [6.07, 6.45) is -0.624. The van der Waals surface area contributed by atoms with Crippen LogP contribution < -0.4 is 0 Å². The first-order chi connectivity index (χ1) is 6.55. The zero-order valence-electron chi connectivity index (χ0n) is 9.24. The molecular formula is C9H18N2O3+2. The number of nitrogens with zero attached hydrogens (tertiary/aromatic N) is 2. The van der Waals surface area contributed by atoms with Crippen LogP contribution in [-0.4, -0.2) is 55.0 Å². The standard InChI is InChI=1S/C9H18N2O3/c1-5-11(14-9(12)13-4)7-6-10(3)8(11)2/h5-7H2,1-4H3/q+2. The first kappa shape index (κ1) is 11.0. The number of carbonyl (C=O) groups excluding carboxylic acids is 1. The Kier molecular flexibility index (Phi) is 3.10. The summed E-state index contributed by atoms with van der Waals surface area (Å²) in [5.41, 5.74) is 0. The maximum Gasteiger partial charge on any atom is 0.559 e. The molecule has 14 heavy (non-hydrogen) atoms.